The lowest BCUT2D eigenvalue weighted by atomic mass is 9.95. The van der Waals surface area contributed by atoms with E-state index < -0.39 is 0 Å². The highest BCUT2D eigenvalue weighted by Gasteiger charge is 2.24. The molecule has 2 aromatic carbocycles. The Labute approximate surface area is 226 Å². The molecule has 0 radical (unpaired) electrons. The van der Waals surface area contributed by atoms with Gasteiger partial charge in [0.25, 0.3) is 0 Å². The number of aromatic nitrogens is 6. The second-order valence-electron chi connectivity index (χ2n) is 10.6. The highest BCUT2D eigenvalue weighted by atomic mass is 15.3. The molecule has 0 bridgehead atoms. The van der Waals surface area contributed by atoms with Crippen molar-refractivity contribution in [2.24, 2.45) is 14.1 Å². The fourth-order valence-electron chi connectivity index (χ4n) is 5.60. The third-order valence-electron chi connectivity index (χ3n) is 7.77. The van der Waals surface area contributed by atoms with E-state index in [0.717, 1.165) is 63.8 Å². The Kier molecular flexibility index (Phi) is 8.94. The lowest BCUT2D eigenvalue weighted by Gasteiger charge is -2.31. The smallest absolute Gasteiger partial charge is 0.153 e. The first-order chi connectivity index (χ1) is 18.6. The molecule has 200 valence electrons. The summed E-state index contributed by atoms with van der Waals surface area (Å²) in [5, 5.41) is 8.60. The first kappa shape index (κ1) is 26.3. The molecule has 2 aliphatic heterocycles. The Morgan fingerprint density at radius 1 is 0.684 bits per heavy atom. The maximum atomic E-state index is 4.43. The topological polar surface area (TPSA) is 67.9 Å². The molecule has 0 saturated carbocycles. The minimum Gasteiger partial charge on any atom is -0.299 e. The fourth-order valence-corrected chi connectivity index (χ4v) is 5.60. The van der Waals surface area contributed by atoms with Crippen molar-refractivity contribution in [1.82, 2.24) is 39.3 Å². The predicted molar refractivity (Wildman–Crippen MR) is 149 cm³/mol. The molecular weight excluding hydrogens is 472 g/mol. The Hall–Kier alpha value is -3.36. The SMILES string of the molecule is Cn1cnc(C2CCN(Cc3ccccc3)CC2)n1.Cn1ncnc1C1CCN(Cc2ccccc2)CC1. The Morgan fingerprint density at radius 3 is 1.66 bits per heavy atom. The van der Waals surface area contributed by atoms with Gasteiger partial charge in [0.05, 0.1) is 0 Å². The van der Waals surface area contributed by atoms with Crippen LogP contribution in [-0.2, 0) is 27.2 Å². The maximum absolute atomic E-state index is 4.43. The van der Waals surface area contributed by atoms with Crippen LogP contribution in [0.2, 0.25) is 0 Å². The predicted octanol–water partition coefficient (Wildman–Crippen LogP) is 4.39. The van der Waals surface area contributed by atoms with Crippen LogP contribution in [0.25, 0.3) is 0 Å². The van der Waals surface area contributed by atoms with E-state index >= 15 is 0 Å². The van der Waals surface area contributed by atoms with E-state index in [4.69, 9.17) is 0 Å². The summed E-state index contributed by atoms with van der Waals surface area (Å²) in [6.07, 6.45) is 8.14. The summed E-state index contributed by atoms with van der Waals surface area (Å²) in [4.78, 5) is 13.8. The quantitative estimate of drug-likeness (QED) is 0.382. The van der Waals surface area contributed by atoms with Crippen LogP contribution in [0.3, 0.4) is 0 Å². The van der Waals surface area contributed by atoms with E-state index in [-0.39, 0.29) is 0 Å². The van der Waals surface area contributed by atoms with E-state index in [2.05, 4.69) is 90.6 Å². The normalized spacial score (nSPS) is 17.7. The van der Waals surface area contributed by atoms with E-state index in [1.807, 2.05) is 18.8 Å². The van der Waals surface area contributed by atoms with E-state index in [9.17, 15) is 0 Å². The van der Waals surface area contributed by atoms with E-state index in [1.165, 1.54) is 24.0 Å². The molecule has 2 aliphatic rings. The average Bonchev–Trinajstić information content (AvgIpc) is 3.59. The molecule has 0 unspecified atom stereocenters. The van der Waals surface area contributed by atoms with Gasteiger partial charge in [-0.25, -0.2) is 9.97 Å². The van der Waals surface area contributed by atoms with Crippen LogP contribution < -0.4 is 0 Å². The molecule has 2 fully saturated rings. The number of hydrogen-bond acceptors (Lipinski definition) is 6. The molecule has 4 aromatic rings. The zero-order valence-electron chi connectivity index (χ0n) is 22.7. The van der Waals surface area contributed by atoms with Gasteiger partial charge in [-0.3, -0.25) is 19.2 Å². The third kappa shape index (κ3) is 7.14. The molecule has 0 amide bonds. The second kappa shape index (κ2) is 12.9. The Morgan fingerprint density at radius 2 is 1.21 bits per heavy atom. The molecule has 0 spiro atoms. The van der Waals surface area contributed by atoms with Gasteiger partial charge >= 0.3 is 0 Å². The molecule has 0 N–H and O–H groups in total. The van der Waals surface area contributed by atoms with Crippen molar-refractivity contribution in [1.29, 1.82) is 0 Å². The summed E-state index contributed by atoms with van der Waals surface area (Å²) in [5.74, 6) is 3.26. The molecule has 4 heterocycles. The van der Waals surface area contributed by atoms with Gasteiger partial charge in [-0.1, -0.05) is 60.7 Å². The number of likely N-dealkylation sites (tertiary alicyclic amines) is 2. The first-order valence-corrected chi connectivity index (χ1v) is 13.9. The Balaban J connectivity index is 0.000000155. The minimum absolute atomic E-state index is 0.535. The molecule has 0 atom stereocenters. The zero-order chi connectivity index (χ0) is 26.2. The summed E-state index contributed by atoms with van der Waals surface area (Å²) >= 11 is 0. The van der Waals surface area contributed by atoms with E-state index in [0.29, 0.717) is 11.8 Å². The lowest BCUT2D eigenvalue weighted by molar-refractivity contribution is 0.200. The molecule has 8 heteroatoms. The molecular formula is C30H40N8. The summed E-state index contributed by atoms with van der Waals surface area (Å²) in [6.45, 7) is 6.68. The molecule has 8 nitrogen and oxygen atoms in total. The highest BCUT2D eigenvalue weighted by molar-refractivity contribution is 5.15. The number of hydrogen-bond donors (Lipinski definition) is 0. The summed E-state index contributed by atoms with van der Waals surface area (Å²) < 4.78 is 3.71. The van der Waals surface area contributed by atoms with Gasteiger partial charge in [0, 0.05) is 39.0 Å². The van der Waals surface area contributed by atoms with Gasteiger partial charge < -0.3 is 0 Å². The Bertz CT molecular complexity index is 1220. The summed E-state index contributed by atoms with van der Waals surface area (Å²) in [6, 6.07) is 21.4. The van der Waals surface area contributed by atoms with Crippen molar-refractivity contribution in [2.45, 2.75) is 50.6 Å². The first-order valence-electron chi connectivity index (χ1n) is 13.9. The minimum atomic E-state index is 0.535. The summed E-state index contributed by atoms with van der Waals surface area (Å²) in [7, 11) is 3.92. The van der Waals surface area contributed by atoms with Crippen LogP contribution in [0.15, 0.2) is 73.3 Å². The average molecular weight is 513 g/mol. The van der Waals surface area contributed by atoms with Crippen molar-refractivity contribution in [2.75, 3.05) is 26.2 Å². The highest BCUT2D eigenvalue weighted by Crippen LogP contribution is 2.27. The fraction of sp³-hybridized carbons (Fsp3) is 0.467. The molecule has 2 aromatic heterocycles. The largest absolute Gasteiger partial charge is 0.299 e. The van der Waals surface area contributed by atoms with Gasteiger partial charge in [0.15, 0.2) is 5.82 Å². The van der Waals surface area contributed by atoms with Crippen LogP contribution in [0, 0.1) is 0 Å². The lowest BCUT2D eigenvalue weighted by Crippen LogP contribution is -2.33. The number of piperidine rings is 2. The van der Waals surface area contributed by atoms with Crippen molar-refractivity contribution < 1.29 is 0 Å². The van der Waals surface area contributed by atoms with Gasteiger partial charge in [0.2, 0.25) is 0 Å². The number of benzene rings is 2. The third-order valence-corrected chi connectivity index (χ3v) is 7.77. The van der Waals surface area contributed by atoms with Crippen molar-refractivity contribution in [3.8, 4) is 0 Å². The number of nitrogens with zero attached hydrogens (tertiary/aromatic N) is 8. The van der Waals surface area contributed by atoms with Crippen molar-refractivity contribution >= 4 is 0 Å². The van der Waals surface area contributed by atoms with Crippen molar-refractivity contribution in [3.63, 3.8) is 0 Å². The van der Waals surface area contributed by atoms with Crippen LogP contribution in [0.4, 0.5) is 0 Å². The summed E-state index contributed by atoms with van der Waals surface area (Å²) in [5.41, 5.74) is 2.80. The standard InChI is InChI=1S/2C15H20N4/c1-18-12-16-15(17-18)14-7-9-19(10-8-14)11-13-5-3-2-4-6-13;1-18-15(16-12-17-18)14-7-9-19(10-8-14)11-13-5-3-2-4-6-13/h2*2-6,12,14H,7-11H2,1H3. The van der Waals surface area contributed by atoms with E-state index in [1.54, 1.807) is 17.3 Å². The molecule has 38 heavy (non-hydrogen) atoms. The molecule has 0 aliphatic carbocycles. The maximum Gasteiger partial charge on any atom is 0.153 e. The van der Waals surface area contributed by atoms with Crippen molar-refractivity contribution in [3.05, 3.63) is 96.1 Å². The second-order valence-corrected chi connectivity index (χ2v) is 10.6. The zero-order valence-corrected chi connectivity index (χ0v) is 22.7. The monoisotopic (exact) mass is 512 g/mol. The van der Waals surface area contributed by atoms with Gasteiger partial charge in [-0.2, -0.15) is 10.2 Å². The van der Waals surface area contributed by atoms with Crippen LogP contribution in [-0.4, -0.2) is 65.5 Å². The van der Waals surface area contributed by atoms with Gasteiger partial charge in [0.1, 0.15) is 18.5 Å². The number of aryl methyl sites for hydroxylation is 2. The molecule has 6 rings (SSSR count). The van der Waals surface area contributed by atoms with Gasteiger partial charge in [-0.15, -0.1) is 0 Å². The van der Waals surface area contributed by atoms with Gasteiger partial charge in [-0.05, 0) is 63.0 Å². The number of rotatable bonds is 6. The van der Waals surface area contributed by atoms with Crippen LogP contribution in [0.5, 0.6) is 0 Å². The molecule has 2 saturated heterocycles. The van der Waals surface area contributed by atoms with Crippen LogP contribution >= 0.6 is 0 Å². The van der Waals surface area contributed by atoms with Crippen LogP contribution in [0.1, 0.15) is 60.3 Å².